The zero-order chi connectivity index (χ0) is 14.7. The van der Waals surface area contributed by atoms with Crippen molar-refractivity contribution in [2.45, 2.75) is 44.7 Å². The smallest absolute Gasteiger partial charge is 0.138 e. The summed E-state index contributed by atoms with van der Waals surface area (Å²) < 4.78 is 1.97. The maximum absolute atomic E-state index is 6.15. The molecule has 1 saturated carbocycles. The minimum Gasteiger partial charge on any atom is -0.313 e. The van der Waals surface area contributed by atoms with Crippen LogP contribution in [-0.4, -0.2) is 27.4 Å². The molecule has 1 fully saturated rings. The van der Waals surface area contributed by atoms with E-state index in [0.717, 1.165) is 30.4 Å². The van der Waals surface area contributed by atoms with Gasteiger partial charge in [0.15, 0.2) is 0 Å². The van der Waals surface area contributed by atoms with Crippen molar-refractivity contribution >= 4 is 11.6 Å². The zero-order valence-electron chi connectivity index (χ0n) is 12.3. The van der Waals surface area contributed by atoms with Crippen LogP contribution < -0.4 is 5.32 Å². The van der Waals surface area contributed by atoms with Crippen LogP contribution in [0.4, 0.5) is 0 Å². The van der Waals surface area contributed by atoms with E-state index >= 15 is 0 Å². The summed E-state index contributed by atoms with van der Waals surface area (Å²) in [6.07, 6.45) is 5.12. The Morgan fingerprint density at radius 1 is 1.43 bits per heavy atom. The average Bonchev–Trinajstić information content (AvgIpc) is 3.21. The van der Waals surface area contributed by atoms with Gasteiger partial charge in [-0.1, -0.05) is 23.7 Å². The SMILES string of the molecule is CCn1ncnc1CC(CNC1CC1)c1cccc(Cl)c1. The number of aryl methyl sites for hydroxylation is 1. The van der Waals surface area contributed by atoms with Crippen molar-refractivity contribution in [1.29, 1.82) is 0 Å². The lowest BCUT2D eigenvalue weighted by atomic mass is 9.95. The Hall–Kier alpha value is -1.39. The average molecular weight is 305 g/mol. The van der Waals surface area contributed by atoms with Crippen molar-refractivity contribution in [1.82, 2.24) is 20.1 Å². The molecule has 1 heterocycles. The van der Waals surface area contributed by atoms with Crippen LogP contribution in [0.2, 0.25) is 5.02 Å². The fraction of sp³-hybridized carbons (Fsp3) is 0.500. The molecule has 0 radical (unpaired) electrons. The van der Waals surface area contributed by atoms with Gasteiger partial charge in [-0.3, -0.25) is 4.68 Å². The molecule has 112 valence electrons. The highest BCUT2D eigenvalue weighted by Gasteiger charge is 2.23. The Bertz CT molecular complexity index is 591. The van der Waals surface area contributed by atoms with Crippen LogP contribution >= 0.6 is 11.6 Å². The molecular weight excluding hydrogens is 284 g/mol. The quantitative estimate of drug-likeness (QED) is 0.855. The first-order valence-corrected chi connectivity index (χ1v) is 7.99. The molecule has 5 heteroatoms. The Morgan fingerprint density at radius 2 is 2.29 bits per heavy atom. The van der Waals surface area contributed by atoms with Gasteiger partial charge in [0.25, 0.3) is 0 Å². The highest BCUT2D eigenvalue weighted by Crippen LogP contribution is 2.25. The fourth-order valence-corrected chi connectivity index (χ4v) is 2.79. The summed E-state index contributed by atoms with van der Waals surface area (Å²) in [5.41, 5.74) is 1.27. The summed E-state index contributed by atoms with van der Waals surface area (Å²) in [6, 6.07) is 8.86. The molecule has 21 heavy (non-hydrogen) atoms. The lowest BCUT2D eigenvalue weighted by Crippen LogP contribution is -2.25. The largest absolute Gasteiger partial charge is 0.313 e. The zero-order valence-corrected chi connectivity index (χ0v) is 13.1. The Kier molecular flexibility index (Phi) is 4.56. The van der Waals surface area contributed by atoms with Crippen LogP contribution in [-0.2, 0) is 13.0 Å². The van der Waals surface area contributed by atoms with Gasteiger partial charge in [0.1, 0.15) is 12.2 Å². The minimum atomic E-state index is 0.374. The topological polar surface area (TPSA) is 42.7 Å². The third-order valence-electron chi connectivity index (χ3n) is 3.97. The maximum Gasteiger partial charge on any atom is 0.138 e. The van der Waals surface area contributed by atoms with E-state index in [0.29, 0.717) is 12.0 Å². The van der Waals surface area contributed by atoms with E-state index in [1.807, 2.05) is 16.8 Å². The van der Waals surface area contributed by atoms with Crippen molar-refractivity contribution < 1.29 is 0 Å². The molecule has 3 rings (SSSR count). The number of aromatic nitrogens is 3. The summed E-state index contributed by atoms with van der Waals surface area (Å²) in [7, 11) is 0. The van der Waals surface area contributed by atoms with E-state index in [1.165, 1.54) is 18.4 Å². The van der Waals surface area contributed by atoms with Crippen molar-refractivity contribution in [3.63, 3.8) is 0 Å². The van der Waals surface area contributed by atoms with Crippen molar-refractivity contribution in [2.24, 2.45) is 0 Å². The predicted octanol–water partition coefficient (Wildman–Crippen LogP) is 3.03. The first-order valence-electron chi connectivity index (χ1n) is 7.61. The molecule has 1 atom stereocenters. The molecule has 1 aromatic heterocycles. The normalized spacial score (nSPS) is 16.1. The van der Waals surface area contributed by atoms with Crippen LogP contribution in [0.3, 0.4) is 0 Å². The van der Waals surface area contributed by atoms with E-state index in [1.54, 1.807) is 6.33 Å². The third kappa shape index (κ3) is 3.83. The lowest BCUT2D eigenvalue weighted by molar-refractivity contribution is 0.535. The van der Waals surface area contributed by atoms with Gasteiger partial charge in [0.05, 0.1) is 0 Å². The lowest BCUT2D eigenvalue weighted by Gasteiger charge is -2.18. The number of hydrogen-bond donors (Lipinski definition) is 1. The predicted molar refractivity (Wildman–Crippen MR) is 84.6 cm³/mol. The van der Waals surface area contributed by atoms with Crippen LogP contribution in [0.25, 0.3) is 0 Å². The first-order chi connectivity index (χ1) is 10.3. The van der Waals surface area contributed by atoms with Gasteiger partial charge in [0.2, 0.25) is 0 Å². The first kappa shape index (κ1) is 14.5. The number of halogens is 1. The molecule has 1 aromatic carbocycles. The molecule has 1 aliphatic rings. The molecule has 0 saturated heterocycles. The van der Waals surface area contributed by atoms with Crippen molar-refractivity contribution in [3.8, 4) is 0 Å². The van der Waals surface area contributed by atoms with E-state index in [4.69, 9.17) is 11.6 Å². The summed E-state index contributed by atoms with van der Waals surface area (Å²) in [5.74, 6) is 1.42. The minimum absolute atomic E-state index is 0.374. The Morgan fingerprint density at radius 3 is 3.00 bits per heavy atom. The fourth-order valence-electron chi connectivity index (χ4n) is 2.60. The summed E-state index contributed by atoms with van der Waals surface area (Å²) in [4.78, 5) is 4.41. The molecule has 0 amide bonds. The van der Waals surface area contributed by atoms with Gasteiger partial charge < -0.3 is 5.32 Å². The highest BCUT2D eigenvalue weighted by atomic mass is 35.5. The van der Waals surface area contributed by atoms with Gasteiger partial charge in [-0.2, -0.15) is 5.10 Å². The number of rotatable bonds is 7. The van der Waals surface area contributed by atoms with Crippen LogP contribution in [0.1, 0.15) is 37.1 Å². The van der Waals surface area contributed by atoms with Gasteiger partial charge in [-0.05, 0) is 37.5 Å². The molecule has 1 unspecified atom stereocenters. The molecule has 2 aromatic rings. The molecule has 4 nitrogen and oxygen atoms in total. The molecule has 0 aliphatic heterocycles. The van der Waals surface area contributed by atoms with Crippen LogP contribution in [0, 0.1) is 0 Å². The third-order valence-corrected chi connectivity index (χ3v) is 4.21. The summed E-state index contributed by atoms with van der Waals surface area (Å²) >= 11 is 6.15. The van der Waals surface area contributed by atoms with Gasteiger partial charge in [-0.25, -0.2) is 4.98 Å². The van der Waals surface area contributed by atoms with Crippen molar-refractivity contribution in [2.75, 3.05) is 6.54 Å². The Balaban J connectivity index is 1.77. The highest BCUT2D eigenvalue weighted by molar-refractivity contribution is 6.30. The monoisotopic (exact) mass is 304 g/mol. The van der Waals surface area contributed by atoms with E-state index in [9.17, 15) is 0 Å². The van der Waals surface area contributed by atoms with Gasteiger partial charge in [0, 0.05) is 36.5 Å². The van der Waals surface area contributed by atoms with E-state index < -0.39 is 0 Å². The van der Waals surface area contributed by atoms with Crippen molar-refractivity contribution in [3.05, 3.63) is 47.0 Å². The molecule has 0 bridgehead atoms. The maximum atomic E-state index is 6.15. The second kappa shape index (κ2) is 6.58. The molecular formula is C16H21ClN4. The number of nitrogens with one attached hydrogen (secondary N) is 1. The number of hydrogen-bond acceptors (Lipinski definition) is 3. The standard InChI is InChI=1S/C16H21ClN4/c1-2-21-16(19-11-20-21)9-13(10-18-15-6-7-15)12-4-3-5-14(17)8-12/h3-5,8,11,13,15,18H,2,6-7,9-10H2,1H3. The van der Waals surface area contributed by atoms with Crippen LogP contribution in [0.5, 0.6) is 0 Å². The molecule has 1 N–H and O–H groups in total. The summed E-state index contributed by atoms with van der Waals surface area (Å²) in [5, 5.41) is 8.68. The van der Waals surface area contributed by atoms with Gasteiger partial charge in [-0.15, -0.1) is 0 Å². The molecule has 1 aliphatic carbocycles. The summed E-state index contributed by atoms with van der Waals surface area (Å²) in [6.45, 7) is 3.91. The number of benzene rings is 1. The van der Waals surface area contributed by atoms with E-state index in [-0.39, 0.29) is 0 Å². The second-order valence-corrected chi connectivity index (χ2v) is 6.07. The second-order valence-electron chi connectivity index (χ2n) is 5.63. The number of nitrogens with zero attached hydrogens (tertiary/aromatic N) is 3. The van der Waals surface area contributed by atoms with Gasteiger partial charge >= 0.3 is 0 Å². The van der Waals surface area contributed by atoms with E-state index in [2.05, 4.69) is 34.5 Å². The van der Waals surface area contributed by atoms with Crippen LogP contribution in [0.15, 0.2) is 30.6 Å². The molecule has 0 spiro atoms. The Labute approximate surface area is 130 Å².